The van der Waals surface area contributed by atoms with Crippen LogP contribution in [0.5, 0.6) is 0 Å². The third-order valence-corrected chi connectivity index (χ3v) is 4.60. The van der Waals surface area contributed by atoms with Gasteiger partial charge in [-0.3, -0.25) is 14.9 Å². The molecule has 132 valence electrons. The van der Waals surface area contributed by atoms with Crippen molar-refractivity contribution in [3.8, 4) is 0 Å². The predicted molar refractivity (Wildman–Crippen MR) is 103 cm³/mol. The number of non-ortho nitro benzene ring substituents is 1. The van der Waals surface area contributed by atoms with E-state index in [4.69, 9.17) is 0 Å². The minimum atomic E-state index is -0.491. The average Bonchev–Trinajstić information content (AvgIpc) is 2.65. The molecule has 1 amide bonds. The highest BCUT2D eigenvalue weighted by Gasteiger charge is 2.16. The third-order valence-electron chi connectivity index (χ3n) is 4.60. The van der Waals surface area contributed by atoms with Crippen molar-refractivity contribution in [2.75, 3.05) is 6.54 Å². The number of nitrogens with one attached hydrogen (secondary N) is 1. The van der Waals surface area contributed by atoms with Crippen LogP contribution in [0.3, 0.4) is 0 Å². The maximum absolute atomic E-state index is 12.5. The van der Waals surface area contributed by atoms with E-state index in [9.17, 15) is 14.9 Å². The van der Waals surface area contributed by atoms with Crippen LogP contribution in [-0.4, -0.2) is 17.4 Å². The van der Waals surface area contributed by atoms with Crippen LogP contribution in [-0.2, 0) is 0 Å². The molecule has 0 saturated carbocycles. The van der Waals surface area contributed by atoms with Crippen molar-refractivity contribution in [2.45, 2.75) is 19.8 Å². The molecule has 0 aliphatic heterocycles. The van der Waals surface area contributed by atoms with E-state index in [0.29, 0.717) is 17.7 Å². The summed E-state index contributed by atoms with van der Waals surface area (Å²) in [7, 11) is 0. The first-order chi connectivity index (χ1) is 12.5. The van der Waals surface area contributed by atoms with Crippen molar-refractivity contribution >= 4 is 22.4 Å². The molecule has 1 atom stereocenters. The van der Waals surface area contributed by atoms with Gasteiger partial charge >= 0.3 is 0 Å². The maximum atomic E-state index is 12.5. The summed E-state index contributed by atoms with van der Waals surface area (Å²) in [6.07, 6.45) is 0. The smallest absolute Gasteiger partial charge is 0.270 e. The zero-order valence-corrected chi connectivity index (χ0v) is 14.7. The molecule has 0 spiro atoms. The molecule has 26 heavy (non-hydrogen) atoms. The summed E-state index contributed by atoms with van der Waals surface area (Å²) in [4.78, 5) is 23.0. The van der Waals surface area contributed by atoms with E-state index in [0.717, 1.165) is 5.39 Å². The van der Waals surface area contributed by atoms with Crippen LogP contribution in [0.15, 0.2) is 60.7 Å². The fourth-order valence-corrected chi connectivity index (χ4v) is 3.10. The molecule has 0 fully saturated rings. The molecule has 0 aliphatic rings. The molecule has 0 bridgehead atoms. The average molecular weight is 348 g/mol. The highest BCUT2D eigenvalue weighted by atomic mass is 16.6. The van der Waals surface area contributed by atoms with Gasteiger partial charge in [-0.05, 0) is 34.7 Å². The molecular formula is C21H20N2O3. The lowest BCUT2D eigenvalue weighted by atomic mass is 9.94. The fourth-order valence-electron chi connectivity index (χ4n) is 3.10. The molecule has 0 radical (unpaired) electrons. The van der Waals surface area contributed by atoms with Crippen molar-refractivity contribution in [3.63, 3.8) is 0 Å². The molecule has 1 N–H and O–H groups in total. The Kier molecular flexibility index (Phi) is 4.98. The SMILES string of the molecule is Cc1ccc([N+](=O)[O-])cc1C(=O)NCC(C)c1cccc2ccccc12. The molecule has 0 aliphatic carbocycles. The largest absolute Gasteiger partial charge is 0.351 e. The maximum Gasteiger partial charge on any atom is 0.270 e. The second-order valence-electron chi connectivity index (χ2n) is 6.44. The highest BCUT2D eigenvalue weighted by molar-refractivity contribution is 5.96. The number of nitro groups is 1. The highest BCUT2D eigenvalue weighted by Crippen LogP contribution is 2.25. The second kappa shape index (κ2) is 7.35. The molecule has 0 aromatic heterocycles. The normalized spacial score (nSPS) is 11.9. The van der Waals surface area contributed by atoms with Gasteiger partial charge < -0.3 is 5.32 Å². The van der Waals surface area contributed by atoms with E-state index in [1.807, 2.05) is 18.2 Å². The summed E-state index contributed by atoms with van der Waals surface area (Å²) in [5.41, 5.74) is 2.14. The third kappa shape index (κ3) is 3.57. The van der Waals surface area contributed by atoms with Crippen LogP contribution in [0, 0.1) is 17.0 Å². The molecule has 5 nitrogen and oxygen atoms in total. The van der Waals surface area contributed by atoms with E-state index in [2.05, 4.69) is 36.5 Å². The fraction of sp³-hybridized carbons (Fsp3) is 0.190. The summed E-state index contributed by atoms with van der Waals surface area (Å²) >= 11 is 0. The van der Waals surface area contributed by atoms with E-state index in [1.165, 1.54) is 23.1 Å². The van der Waals surface area contributed by atoms with Gasteiger partial charge in [0.05, 0.1) is 4.92 Å². The molecule has 0 heterocycles. The Morgan fingerprint density at radius 2 is 1.85 bits per heavy atom. The van der Waals surface area contributed by atoms with Crippen molar-refractivity contribution in [1.29, 1.82) is 0 Å². The first kappa shape index (κ1) is 17.6. The van der Waals surface area contributed by atoms with Crippen LogP contribution in [0.1, 0.15) is 34.3 Å². The summed E-state index contributed by atoms with van der Waals surface area (Å²) in [5, 5.41) is 16.2. The Hall–Kier alpha value is -3.21. The summed E-state index contributed by atoms with van der Waals surface area (Å²) in [6.45, 7) is 4.28. The van der Waals surface area contributed by atoms with E-state index in [1.54, 1.807) is 13.0 Å². The Morgan fingerprint density at radius 3 is 2.62 bits per heavy atom. The van der Waals surface area contributed by atoms with Crippen LogP contribution >= 0.6 is 0 Å². The number of nitrogens with zero attached hydrogens (tertiary/aromatic N) is 1. The minimum absolute atomic E-state index is 0.0807. The summed E-state index contributed by atoms with van der Waals surface area (Å²) < 4.78 is 0. The van der Waals surface area contributed by atoms with Crippen LogP contribution < -0.4 is 5.32 Å². The first-order valence-electron chi connectivity index (χ1n) is 8.48. The lowest BCUT2D eigenvalue weighted by molar-refractivity contribution is -0.384. The van der Waals surface area contributed by atoms with E-state index >= 15 is 0 Å². The quantitative estimate of drug-likeness (QED) is 0.541. The number of aryl methyl sites for hydroxylation is 1. The van der Waals surface area contributed by atoms with Gasteiger partial charge in [0.25, 0.3) is 11.6 Å². The van der Waals surface area contributed by atoms with E-state index in [-0.39, 0.29) is 17.5 Å². The number of hydrogen-bond donors (Lipinski definition) is 1. The van der Waals surface area contributed by atoms with E-state index < -0.39 is 4.92 Å². The van der Waals surface area contributed by atoms with Gasteiger partial charge in [-0.15, -0.1) is 0 Å². The minimum Gasteiger partial charge on any atom is -0.351 e. The number of rotatable bonds is 5. The summed E-state index contributed by atoms with van der Waals surface area (Å²) in [6, 6.07) is 18.6. The lowest BCUT2D eigenvalue weighted by Gasteiger charge is -2.16. The monoisotopic (exact) mass is 348 g/mol. The zero-order chi connectivity index (χ0) is 18.7. The van der Waals surface area contributed by atoms with Gasteiger partial charge in [0.1, 0.15) is 0 Å². The van der Waals surface area contributed by atoms with Gasteiger partial charge in [-0.25, -0.2) is 0 Å². The molecule has 3 rings (SSSR count). The number of carbonyl (C=O) groups is 1. The molecule has 3 aromatic rings. The lowest BCUT2D eigenvalue weighted by Crippen LogP contribution is -2.28. The van der Waals surface area contributed by atoms with Gasteiger partial charge in [-0.1, -0.05) is 55.5 Å². The van der Waals surface area contributed by atoms with Crippen molar-refractivity contribution in [2.24, 2.45) is 0 Å². The Balaban J connectivity index is 1.77. The molecular weight excluding hydrogens is 328 g/mol. The number of nitro benzene ring substituents is 1. The predicted octanol–water partition coefficient (Wildman–Crippen LogP) is 4.59. The molecule has 1 unspecified atom stereocenters. The topological polar surface area (TPSA) is 72.2 Å². The number of fused-ring (bicyclic) bond motifs is 1. The number of amides is 1. The first-order valence-corrected chi connectivity index (χ1v) is 8.48. The Morgan fingerprint density at radius 1 is 1.12 bits per heavy atom. The van der Waals surface area contributed by atoms with Crippen LogP contribution in [0.25, 0.3) is 10.8 Å². The van der Waals surface area contributed by atoms with Crippen molar-refractivity contribution in [1.82, 2.24) is 5.32 Å². The molecule has 5 heteroatoms. The van der Waals surface area contributed by atoms with Gasteiger partial charge in [-0.2, -0.15) is 0 Å². The van der Waals surface area contributed by atoms with Crippen LogP contribution in [0.4, 0.5) is 5.69 Å². The summed E-state index contributed by atoms with van der Waals surface area (Å²) in [5.74, 6) is -0.178. The number of carbonyl (C=O) groups excluding carboxylic acids is 1. The van der Waals surface area contributed by atoms with Crippen LogP contribution in [0.2, 0.25) is 0 Å². The number of benzene rings is 3. The molecule has 3 aromatic carbocycles. The van der Waals surface area contributed by atoms with Gasteiger partial charge in [0, 0.05) is 24.2 Å². The Bertz CT molecular complexity index is 977. The van der Waals surface area contributed by atoms with Gasteiger partial charge in [0.15, 0.2) is 0 Å². The zero-order valence-electron chi connectivity index (χ0n) is 14.7. The van der Waals surface area contributed by atoms with Crippen molar-refractivity contribution in [3.05, 3.63) is 87.5 Å². The molecule has 0 saturated heterocycles. The number of hydrogen-bond acceptors (Lipinski definition) is 3. The van der Waals surface area contributed by atoms with Gasteiger partial charge in [0.2, 0.25) is 0 Å². The van der Waals surface area contributed by atoms with Crippen molar-refractivity contribution < 1.29 is 9.72 Å². The standard InChI is InChI=1S/C21H20N2O3/c1-14-10-11-17(23(25)26)12-20(14)21(24)22-13-15(2)18-9-5-7-16-6-3-4-8-19(16)18/h3-12,15H,13H2,1-2H3,(H,22,24). The second-order valence-corrected chi connectivity index (χ2v) is 6.44. The Labute approximate surface area is 151 Å².